The molecular formula is C17H15ClN2O5. The smallest absolute Gasteiger partial charge is 0.307 e. The second kappa shape index (κ2) is 8.79. The third-order valence-electron chi connectivity index (χ3n) is 3.24. The Morgan fingerprint density at radius 2 is 1.88 bits per heavy atom. The Labute approximate surface area is 148 Å². The molecule has 130 valence electrons. The third-order valence-corrected chi connectivity index (χ3v) is 3.48. The number of carbonyl (C=O) groups is 2. The van der Waals surface area contributed by atoms with Gasteiger partial charge in [0.05, 0.1) is 11.3 Å². The second-order valence-electron chi connectivity index (χ2n) is 5.10. The van der Waals surface area contributed by atoms with Crippen LogP contribution in [0.1, 0.15) is 22.3 Å². The Hall–Kier alpha value is -2.93. The lowest BCUT2D eigenvalue weighted by molar-refractivity contribution is -0.384. The van der Waals surface area contributed by atoms with Crippen LogP contribution >= 0.6 is 11.6 Å². The molecule has 0 aliphatic carbocycles. The maximum atomic E-state index is 11.9. The zero-order valence-electron chi connectivity index (χ0n) is 13.1. The van der Waals surface area contributed by atoms with Crippen LogP contribution in [0.3, 0.4) is 0 Å². The molecule has 0 saturated heterocycles. The number of nitrogens with one attached hydrogen (secondary N) is 1. The van der Waals surface area contributed by atoms with Gasteiger partial charge in [-0.25, -0.2) is 0 Å². The summed E-state index contributed by atoms with van der Waals surface area (Å²) in [6, 6.07) is 12.2. The lowest BCUT2D eigenvalue weighted by Gasteiger charge is -2.07. The average molecular weight is 363 g/mol. The molecule has 0 bridgehead atoms. The van der Waals surface area contributed by atoms with Crippen molar-refractivity contribution in [3.8, 4) is 0 Å². The maximum absolute atomic E-state index is 11.9. The third kappa shape index (κ3) is 5.89. The van der Waals surface area contributed by atoms with Crippen molar-refractivity contribution in [2.75, 3.05) is 6.54 Å². The Bertz CT molecular complexity index is 777. The molecule has 0 saturated carbocycles. The van der Waals surface area contributed by atoms with Gasteiger partial charge in [0.25, 0.3) is 11.6 Å². The van der Waals surface area contributed by atoms with Crippen LogP contribution in [-0.4, -0.2) is 23.3 Å². The van der Waals surface area contributed by atoms with Crippen molar-refractivity contribution >= 4 is 29.2 Å². The molecule has 2 aromatic carbocycles. The van der Waals surface area contributed by atoms with Gasteiger partial charge in [-0.15, -0.1) is 0 Å². The largest absolute Gasteiger partial charge is 0.461 e. The molecule has 2 rings (SSSR count). The highest BCUT2D eigenvalue weighted by Crippen LogP contribution is 2.12. The fraction of sp³-hybridized carbons (Fsp3) is 0.176. The number of benzene rings is 2. The van der Waals surface area contributed by atoms with Gasteiger partial charge in [0.15, 0.2) is 0 Å². The van der Waals surface area contributed by atoms with Crippen LogP contribution in [0.2, 0.25) is 5.02 Å². The first-order valence-corrected chi connectivity index (χ1v) is 7.76. The van der Waals surface area contributed by atoms with Crippen molar-refractivity contribution in [2.45, 2.75) is 13.0 Å². The summed E-state index contributed by atoms with van der Waals surface area (Å²) in [7, 11) is 0. The van der Waals surface area contributed by atoms with Crippen molar-refractivity contribution in [2.24, 2.45) is 0 Å². The number of ether oxygens (including phenoxy) is 1. The van der Waals surface area contributed by atoms with E-state index in [0.717, 1.165) is 5.56 Å². The lowest BCUT2D eigenvalue weighted by atomic mass is 10.2. The Morgan fingerprint density at radius 1 is 1.16 bits per heavy atom. The van der Waals surface area contributed by atoms with Gasteiger partial charge < -0.3 is 10.1 Å². The molecule has 7 nitrogen and oxygen atoms in total. The molecule has 0 spiro atoms. The zero-order chi connectivity index (χ0) is 18.2. The minimum Gasteiger partial charge on any atom is -0.461 e. The first-order chi connectivity index (χ1) is 12.0. The molecule has 8 heteroatoms. The predicted molar refractivity (Wildman–Crippen MR) is 91.3 cm³/mol. The highest BCUT2D eigenvalue weighted by molar-refractivity contribution is 6.30. The first-order valence-electron chi connectivity index (χ1n) is 7.38. The zero-order valence-corrected chi connectivity index (χ0v) is 13.9. The van der Waals surface area contributed by atoms with Crippen LogP contribution in [-0.2, 0) is 16.1 Å². The van der Waals surface area contributed by atoms with Crippen molar-refractivity contribution in [1.29, 1.82) is 0 Å². The number of hydrogen-bond acceptors (Lipinski definition) is 5. The molecule has 0 heterocycles. The average Bonchev–Trinajstić information content (AvgIpc) is 2.60. The van der Waals surface area contributed by atoms with Gasteiger partial charge in [0, 0.05) is 29.3 Å². The summed E-state index contributed by atoms with van der Waals surface area (Å²) in [6.07, 6.45) is 0.0132. The SMILES string of the molecule is O=C(CCNC(=O)c1ccc([N+](=O)[O-])cc1)OCc1cccc(Cl)c1. The molecule has 25 heavy (non-hydrogen) atoms. The van der Waals surface area contributed by atoms with Crippen LogP contribution in [0.5, 0.6) is 0 Å². The summed E-state index contributed by atoms with van der Waals surface area (Å²) in [6.45, 7) is 0.208. The van der Waals surface area contributed by atoms with E-state index in [1.807, 2.05) is 0 Å². The van der Waals surface area contributed by atoms with E-state index in [9.17, 15) is 19.7 Å². The molecule has 0 unspecified atom stereocenters. The molecule has 2 aromatic rings. The number of halogens is 1. The number of nitro benzene ring substituents is 1. The number of carbonyl (C=O) groups excluding carboxylic acids is 2. The number of hydrogen-bond donors (Lipinski definition) is 1. The first kappa shape index (κ1) is 18.4. The van der Waals surface area contributed by atoms with Gasteiger partial charge in [-0.3, -0.25) is 19.7 Å². The number of non-ortho nitro benzene ring substituents is 1. The summed E-state index contributed by atoms with van der Waals surface area (Å²) in [4.78, 5) is 33.5. The normalized spacial score (nSPS) is 10.1. The van der Waals surface area contributed by atoms with Crippen molar-refractivity contribution < 1.29 is 19.2 Å². The van der Waals surface area contributed by atoms with Crippen LogP contribution in [0.4, 0.5) is 5.69 Å². The summed E-state index contributed by atoms with van der Waals surface area (Å²) in [5.41, 5.74) is 0.954. The number of nitrogens with zero attached hydrogens (tertiary/aromatic N) is 1. The minimum absolute atomic E-state index is 0.0132. The predicted octanol–water partition coefficient (Wildman–Crippen LogP) is 3.11. The summed E-state index contributed by atoms with van der Waals surface area (Å²) in [5.74, 6) is -0.874. The Morgan fingerprint density at radius 3 is 2.52 bits per heavy atom. The van der Waals surface area contributed by atoms with E-state index in [0.29, 0.717) is 5.02 Å². The van der Waals surface area contributed by atoms with E-state index in [1.165, 1.54) is 24.3 Å². The van der Waals surface area contributed by atoms with Gasteiger partial charge >= 0.3 is 5.97 Å². The number of nitro groups is 1. The van der Waals surface area contributed by atoms with Gasteiger partial charge in [0.1, 0.15) is 6.61 Å². The van der Waals surface area contributed by atoms with Gasteiger partial charge in [-0.1, -0.05) is 23.7 Å². The second-order valence-corrected chi connectivity index (χ2v) is 5.54. The highest BCUT2D eigenvalue weighted by Gasteiger charge is 2.10. The Kier molecular flexibility index (Phi) is 6.47. The lowest BCUT2D eigenvalue weighted by Crippen LogP contribution is -2.26. The quantitative estimate of drug-likeness (QED) is 0.463. The van der Waals surface area contributed by atoms with Crippen LogP contribution in [0, 0.1) is 10.1 Å². The molecule has 0 aliphatic heterocycles. The molecular weight excluding hydrogens is 348 g/mol. The summed E-state index contributed by atoms with van der Waals surface area (Å²) < 4.78 is 5.09. The number of amides is 1. The number of rotatable bonds is 7. The molecule has 1 amide bonds. The van der Waals surface area contributed by atoms with Crippen LogP contribution < -0.4 is 5.32 Å². The monoisotopic (exact) mass is 362 g/mol. The topological polar surface area (TPSA) is 98.5 Å². The molecule has 0 aliphatic rings. The Balaban J connectivity index is 1.73. The maximum Gasteiger partial charge on any atom is 0.307 e. The van der Waals surface area contributed by atoms with E-state index in [2.05, 4.69) is 5.32 Å². The standard InChI is InChI=1S/C17H15ClN2O5/c18-14-3-1-2-12(10-14)11-25-16(21)8-9-19-17(22)13-4-6-15(7-5-13)20(23)24/h1-7,10H,8-9,11H2,(H,19,22). The summed E-state index contributed by atoms with van der Waals surface area (Å²) in [5, 5.41) is 13.7. The van der Waals surface area contributed by atoms with Gasteiger partial charge in [-0.05, 0) is 29.8 Å². The van der Waals surface area contributed by atoms with Crippen molar-refractivity contribution in [3.63, 3.8) is 0 Å². The molecule has 0 atom stereocenters. The van der Waals surface area contributed by atoms with E-state index >= 15 is 0 Å². The van der Waals surface area contributed by atoms with E-state index < -0.39 is 16.8 Å². The van der Waals surface area contributed by atoms with Gasteiger partial charge in [0.2, 0.25) is 0 Å². The molecule has 0 radical (unpaired) electrons. The molecule has 1 N–H and O–H groups in total. The minimum atomic E-state index is -0.544. The fourth-order valence-corrected chi connectivity index (χ4v) is 2.19. The van der Waals surface area contributed by atoms with E-state index in [4.69, 9.17) is 16.3 Å². The van der Waals surface area contributed by atoms with E-state index in [1.54, 1.807) is 24.3 Å². The van der Waals surface area contributed by atoms with Crippen LogP contribution in [0.15, 0.2) is 48.5 Å². The van der Waals surface area contributed by atoms with Gasteiger partial charge in [-0.2, -0.15) is 0 Å². The molecule has 0 fully saturated rings. The van der Waals surface area contributed by atoms with Crippen molar-refractivity contribution in [1.82, 2.24) is 5.32 Å². The van der Waals surface area contributed by atoms with E-state index in [-0.39, 0.29) is 30.8 Å². The summed E-state index contributed by atoms with van der Waals surface area (Å²) >= 11 is 5.84. The number of esters is 1. The molecule has 0 aromatic heterocycles. The van der Waals surface area contributed by atoms with Crippen molar-refractivity contribution in [3.05, 3.63) is 74.8 Å². The fourth-order valence-electron chi connectivity index (χ4n) is 1.98. The highest BCUT2D eigenvalue weighted by atomic mass is 35.5. The van der Waals surface area contributed by atoms with Crippen LogP contribution in [0.25, 0.3) is 0 Å².